The minimum atomic E-state index is -1.14. The van der Waals surface area contributed by atoms with E-state index in [0.29, 0.717) is 18.0 Å². The van der Waals surface area contributed by atoms with Crippen molar-refractivity contribution in [3.63, 3.8) is 0 Å². The van der Waals surface area contributed by atoms with Gasteiger partial charge in [-0.1, -0.05) is 74.5 Å². The van der Waals surface area contributed by atoms with Gasteiger partial charge in [0.1, 0.15) is 11.8 Å². The van der Waals surface area contributed by atoms with E-state index in [0.717, 1.165) is 27.2 Å². The maximum Gasteiger partial charge on any atom is 0.330 e. The van der Waals surface area contributed by atoms with Crippen molar-refractivity contribution in [1.29, 1.82) is 0 Å². The SMILES string of the molecule is CCOc1ccccc1NC(=O)COC(=O)[C@H](C(C)C)N1C(=O)[C@@H]2C3c4ccccc4C(c4ccccc43)[C@@H]2C1=O. The average Bonchev–Trinajstić information content (AvgIpc) is 3.23. The molecule has 1 N–H and O–H groups in total. The van der Waals surface area contributed by atoms with Gasteiger partial charge in [0.2, 0.25) is 11.8 Å². The lowest BCUT2D eigenvalue weighted by Crippen LogP contribution is -2.49. The van der Waals surface area contributed by atoms with Gasteiger partial charge < -0.3 is 14.8 Å². The summed E-state index contributed by atoms with van der Waals surface area (Å²) in [6, 6.07) is 21.8. The first-order valence-corrected chi connectivity index (χ1v) is 14.1. The van der Waals surface area contributed by atoms with E-state index < -0.39 is 42.3 Å². The maximum absolute atomic E-state index is 14.1. The molecule has 1 saturated heterocycles. The number of nitrogens with one attached hydrogen (secondary N) is 1. The minimum absolute atomic E-state index is 0.265. The highest BCUT2D eigenvalue weighted by Gasteiger charge is 2.63. The van der Waals surface area contributed by atoms with Crippen molar-refractivity contribution < 1.29 is 28.7 Å². The molecule has 1 heterocycles. The van der Waals surface area contributed by atoms with Gasteiger partial charge in [0, 0.05) is 11.8 Å². The van der Waals surface area contributed by atoms with Gasteiger partial charge in [0.25, 0.3) is 5.91 Å². The van der Waals surface area contributed by atoms with Gasteiger partial charge in [-0.3, -0.25) is 19.3 Å². The second kappa shape index (κ2) is 10.5. The number of rotatable bonds is 8. The molecule has 7 rings (SSSR count). The van der Waals surface area contributed by atoms with Crippen molar-refractivity contribution in [2.45, 2.75) is 38.6 Å². The zero-order valence-corrected chi connectivity index (χ0v) is 23.2. The lowest BCUT2D eigenvalue weighted by atomic mass is 9.55. The lowest BCUT2D eigenvalue weighted by Gasteiger charge is -2.45. The Morgan fingerprint density at radius 1 is 0.805 bits per heavy atom. The third-order valence-corrected chi connectivity index (χ3v) is 8.44. The summed E-state index contributed by atoms with van der Waals surface area (Å²) in [5, 5.41) is 2.70. The van der Waals surface area contributed by atoms with Crippen molar-refractivity contribution in [3.8, 4) is 5.75 Å². The molecule has 0 unspecified atom stereocenters. The molecule has 1 fully saturated rings. The zero-order chi connectivity index (χ0) is 28.8. The van der Waals surface area contributed by atoms with Gasteiger partial charge in [-0.15, -0.1) is 0 Å². The number of anilines is 1. The summed E-state index contributed by atoms with van der Waals surface area (Å²) >= 11 is 0. The van der Waals surface area contributed by atoms with Gasteiger partial charge in [0.15, 0.2) is 6.61 Å². The number of carbonyl (C=O) groups is 4. The Labute approximate surface area is 238 Å². The molecule has 210 valence electrons. The fourth-order valence-electron chi connectivity index (χ4n) is 6.91. The van der Waals surface area contributed by atoms with Crippen LogP contribution in [-0.2, 0) is 23.9 Å². The topological polar surface area (TPSA) is 102 Å². The Kier molecular flexibility index (Phi) is 6.85. The van der Waals surface area contributed by atoms with Crippen LogP contribution < -0.4 is 10.1 Å². The molecular weight excluding hydrogens is 520 g/mol. The van der Waals surface area contributed by atoms with E-state index >= 15 is 0 Å². The van der Waals surface area contributed by atoms with E-state index in [2.05, 4.69) is 5.32 Å². The van der Waals surface area contributed by atoms with E-state index in [1.165, 1.54) is 0 Å². The molecule has 3 amide bonds. The summed E-state index contributed by atoms with van der Waals surface area (Å²) in [6.07, 6.45) is 0. The Balaban J connectivity index is 1.24. The molecule has 0 spiro atoms. The molecule has 2 bridgehead atoms. The number of para-hydroxylation sites is 2. The lowest BCUT2D eigenvalue weighted by molar-refractivity contribution is -0.162. The van der Waals surface area contributed by atoms with E-state index in [1.807, 2.05) is 55.5 Å². The van der Waals surface area contributed by atoms with Crippen molar-refractivity contribution in [2.24, 2.45) is 17.8 Å². The summed E-state index contributed by atoms with van der Waals surface area (Å²) < 4.78 is 11.0. The Morgan fingerprint density at radius 3 is 1.78 bits per heavy atom. The molecule has 4 aliphatic rings. The van der Waals surface area contributed by atoms with Crippen LogP contribution in [0, 0.1) is 17.8 Å². The predicted molar refractivity (Wildman–Crippen MR) is 151 cm³/mol. The summed E-state index contributed by atoms with van der Waals surface area (Å²) in [5.41, 5.74) is 4.71. The van der Waals surface area contributed by atoms with Crippen LogP contribution in [0.15, 0.2) is 72.8 Å². The molecule has 8 heteroatoms. The van der Waals surface area contributed by atoms with Gasteiger partial charge in [0.05, 0.1) is 24.1 Å². The molecule has 3 aromatic carbocycles. The molecule has 3 aliphatic carbocycles. The molecular formula is C33H32N2O6. The van der Waals surface area contributed by atoms with Crippen LogP contribution in [0.5, 0.6) is 5.75 Å². The molecule has 0 saturated carbocycles. The van der Waals surface area contributed by atoms with E-state index in [1.54, 1.807) is 38.1 Å². The second-order valence-corrected chi connectivity index (χ2v) is 11.1. The number of benzene rings is 3. The Bertz CT molecular complexity index is 1430. The van der Waals surface area contributed by atoms with Crippen molar-refractivity contribution in [2.75, 3.05) is 18.5 Å². The fourth-order valence-corrected chi connectivity index (χ4v) is 6.91. The largest absolute Gasteiger partial charge is 0.492 e. The smallest absolute Gasteiger partial charge is 0.330 e. The number of hydrogen-bond donors (Lipinski definition) is 1. The number of nitrogens with zero attached hydrogens (tertiary/aromatic N) is 1. The molecule has 3 atom stereocenters. The third-order valence-electron chi connectivity index (χ3n) is 8.44. The van der Waals surface area contributed by atoms with E-state index in [-0.39, 0.29) is 23.7 Å². The quantitative estimate of drug-likeness (QED) is 0.327. The second-order valence-electron chi connectivity index (χ2n) is 11.1. The van der Waals surface area contributed by atoms with Crippen molar-refractivity contribution in [1.82, 2.24) is 4.90 Å². The monoisotopic (exact) mass is 552 g/mol. The minimum Gasteiger partial charge on any atom is -0.492 e. The van der Waals surface area contributed by atoms with Crippen LogP contribution in [0.4, 0.5) is 5.69 Å². The summed E-state index contributed by atoms with van der Waals surface area (Å²) in [4.78, 5) is 55.4. The number of ether oxygens (including phenoxy) is 2. The zero-order valence-electron chi connectivity index (χ0n) is 23.2. The van der Waals surface area contributed by atoms with Gasteiger partial charge >= 0.3 is 5.97 Å². The van der Waals surface area contributed by atoms with Crippen LogP contribution in [0.25, 0.3) is 0 Å². The summed E-state index contributed by atoms with van der Waals surface area (Å²) in [7, 11) is 0. The number of amides is 3. The number of imide groups is 1. The summed E-state index contributed by atoms with van der Waals surface area (Å²) in [6.45, 7) is 5.24. The normalized spacial score (nSPS) is 22.6. The first kappa shape index (κ1) is 26.7. The summed E-state index contributed by atoms with van der Waals surface area (Å²) in [5.74, 6) is -3.68. The first-order valence-electron chi connectivity index (χ1n) is 14.1. The Morgan fingerprint density at radius 2 is 1.29 bits per heavy atom. The van der Waals surface area contributed by atoms with Gasteiger partial charge in [-0.25, -0.2) is 4.79 Å². The third kappa shape index (κ3) is 4.29. The highest BCUT2D eigenvalue weighted by molar-refractivity contribution is 6.10. The van der Waals surface area contributed by atoms with Crippen LogP contribution in [0.1, 0.15) is 54.9 Å². The first-order chi connectivity index (χ1) is 19.8. The predicted octanol–water partition coefficient (Wildman–Crippen LogP) is 4.48. The van der Waals surface area contributed by atoms with E-state index in [9.17, 15) is 19.2 Å². The fraction of sp³-hybridized carbons (Fsp3) is 0.333. The molecule has 0 aromatic heterocycles. The number of carbonyl (C=O) groups excluding carboxylic acids is 4. The molecule has 3 aromatic rings. The van der Waals surface area contributed by atoms with Crippen LogP contribution >= 0.6 is 0 Å². The Hall–Kier alpha value is -4.46. The van der Waals surface area contributed by atoms with Crippen LogP contribution in [-0.4, -0.2) is 47.8 Å². The highest BCUT2D eigenvalue weighted by Crippen LogP contribution is 2.61. The average molecular weight is 553 g/mol. The van der Waals surface area contributed by atoms with Crippen molar-refractivity contribution in [3.05, 3.63) is 95.1 Å². The number of likely N-dealkylation sites (tertiary alicyclic amines) is 1. The van der Waals surface area contributed by atoms with Crippen molar-refractivity contribution >= 4 is 29.4 Å². The number of hydrogen-bond acceptors (Lipinski definition) is 6. The van der Waals surface area contributed by atoms with Gasteiger partial charge in [-0.2, -0.15) is 0 Å². The molecule has 0 radical (unpaired) electrons. The standard InChI is InChI=1S/C33H32N2O6/c1-4-40-24-16-10-9-15-23(24)34-25(36)17-41-33(39)30(18(2)3)35-31(37)28-26-19-11-5-6-12-20(19)27(29(28)32(35)38)22-14-8-7-13-21(22)26/h5-16,18,26-30H,4,17H2,1-3H3,(H,34,36)/t26?,27?,28-,29+,30-/m0/s1. The molecule has 41 heavy (non-hydrogen) atoms. The molecule has 8 nitrogen and oxygen atoms in total. The maximum atomic E-state index is 14.1. The molecule has 1 aliphatic heterocycles. The van der Waals surface area contributed by atoms with Gasteiger partial charge in [-0.05, 0) is 47.2 Å². The van der Waals surface area contributed by atoms with Crippen LogP contribution in [0.3, 0.4) is 0 Å². The van der Waals surface area contributed by atoms with Crippen LogP contribution in [0.2, 0.25) is 0 Å². The highest BCUT2D eigenvalue weighted by atomic mass is 16.5. The van der Waals surface area contributed by atoms with E-state index in [4.69, 9.17) is 9.47 Å². The number of esters is 1.